The number of hydrogen-bond donors (Lipinski definition) is 3. The standard InChI is InChI=1S/C17H16F4N4O2S2/c18-13-6-3-11(16(23)7-8-28-15(22)24-16)9-14(13)25-29(26,27)12-4-1-10(2-5-12)17(19,20)21/h1-6,9,25H,7-8,23H2,(H2,22,24). The lowest BCUT2D eigenvalue weighted by Gasteiger charge is -2.29. The van der Waals surface area contributed by atoms with Gasteiger partial charge in [0.1, 0.15) is 11.5 Å². The van der Waals surface area contributed by atoms with Crippen LogP contribution >= 0.6 is 11.8 Å². The summed E-state index contributed by atoms with van der Waals surface area (Å²) in [6, 6.07) is 6.45. The highest BCUT2D eigenvalue weighted by Crippen LogP contribution is 2.34. The predicted molar refractivity (Wildman–Crippen MR) is 103 cm³/mol. The van der Waals surface area contributed by atoms with Crippen LogP contribution < -0.4 is 16.2 Å². The van der Waals surface area contributed by atoms with Gasteiger partial charge in [-0.2, -0.15) is 13.2 Å². The number of benzene rings is 2. The molecule has 1 unspecified atom stereocenters. The molecule has 1 atom stereocenters. The first-order valence-corrected chi connectivity index (χ1v) is 10.6. The van der Waals surface area contributed by atoms with Crippen molar-refractivity contribution in [1.29, 1.82) is 0 Å². The van der Waals surface area contributed by atoms with Crippen LogP contribution in [0.2, 0.25) is 0 Å². The quantitative estimate of drug-likeness (QED) is 0.622. The van der Waals surface area contributed by atoms with Gasteiger partial charge in [0.2, 0.25) is 0 Å². The summed E-state index contributed by atoms with van der Waals surface area (Å²) in [5, 5.41) is 0.259. The number of alkyl halides is 3. The molecule has 1 heterocycles. The Morgan fingerprint density at radius 3 is 2.38 bits per heavy atom. The van der Waals surface area contributed by atoms with Crippen LogP contribution in [0.15, 0.2) is 52.4 Å². The monoisotopic (exact) mass is 448 g/mol. The minimum Gasteiger partial charge on any atom is -0.378 e. The molecular formula is C17H16F4N4O2S2. The largest absolute Gasteiger partial charge is 0.416 e. The van der Waals surface area contributed by atoms with Crippen LogP contribution in [0.5, 0.6) is 0 Å². The van der Waals surface area contributed by atoms with E-state index in [2.05, 4.69) is 4.99 Å². The molecule has 6 nitrogen and oxygen atoms in total. The van der Waals surface area contributed by atoms with Gasteiger partial charge < -0.3 is 11.5 Å². The van der Waals surface area contributed by atoms with Gasteiger partial charge >= 0.3 is 6.18 Å². The highest BCUT2D eigenvalue weighted by atomic mass is 32.2. The lowest BCUT2D eigenvalue weighted by Crippen LogP contribution is -2.40. The van der Waals surface area contributed by atoms with E-state index in [1.54, 1.807) is 0 Å². The van der Waals surface area contributed by atoms with Crippen molar-refractivity contribution in [3.63, 3.8) is 0 Å². The van der Waals surface area contributed by atoms with E-state index in [0.717, 1.165) is 18.2 Å². The van der Waals surface area contributed by atoms with Crippen LogP contribution in [0.3, 0.4) is 0 Å². The van der Waals surface area contributed by atoms with Gasteiger partial charge in [0, 0.05) is 5.75 Å². The molecule has 0 radical (unpaired) electrons. The van der Waals surface area contributed by atoms with Crippen LogP contribution in [0, 0.1) is 5.82 Å². The second-order valence-corrected chi connectivity index (χ2v) is 9.09. The van der Waals surface area contributed by atoms with E-state index in [4.69, 9.17) is 11.5 Å². The first-order valence-electron chi connectivity index (χ1n) is 8.18. The van der Waals surface area contributed by atoms with Crippen molar-refractivity contribution < 1.29 is 26.0 Å². The molecule has 0 amide bonds. The van der Waals surface area contributed by atoms with Crippen LogP contribution in [0.4, 0.5) is 23.2 Å². The molecule has 1 aliphatic rings. The van der Waals surface area contributed by atoms with Crippen molar-refractivity contribution in [1.82, 2.24) is 0 Å². The fourth-order valence-electron chi connectivity index (χ4n) is 2.70. The number of anilines is 1. The van der Waals surface area contributed by atoms with Gasteiger partial charge in [-0.3, -0.25) is 4.72 Å². The zero-order valence-corrected chi connectivity index (χ0v) is 16.3. The minimum atomic E-state index is -4.60. The lowest BCUT2D eigenvalue weighted by molar-refractivity contribution is -0.137. The van der Waals surface area contributed by atoms with Gasteiger partial charge in [0.05, 0.1) is 16.1 Å². The van der Waals surface area contributed by atoms with E-state index in [0.29, 0.717) is 29.9 Å². The highest BCUT2D eigenvalue weighted by molar-refractivity contribution is 8.13. The fourth-order valence-corrected chi connectivity index (χ4v) is 4.61. The summed E-state index contributed by atoms with van der Waals surface area (Å²) < 4.78 is 79.2. The van der Waals surface area contributed by atoms with Crippen LogP contribution in [0.1, 0.15) is 17.5 Å². The van der Waals surface area contributed by atoms with Crippen molar-refractivity contribution >= 4 is 32.6 Å². The Hall–Kier alpha value is -2.31. The van der Waals surface area contributed by atoms with E-state index < -0.39 is 43.8 Å². The summed E-state index contributed by atoms with van der Waals surface area (Å²) >= 11 is 1.31. The normalized spacial score (nSPS) is 20.2. The minimum absolute atomic E-state index is 0.259. The maximum atomic E-state index is 14.2. The molecule has 0 spiro atoms. The maximum absolute atomic E-state index is 14.2. The molecule has 12 heteroatoms. The average molecular weight is 448 g/mol. The molecule has 0 saturated heterocycles. The zero-order chi connectivity index (χ0) is 21.4. The molecule has 0 aliphatic carbocycles. The number of rotatable bonds is 4. The number of sulfonamides is 1. The Morgan fingerprint density at radius 1 is 1.14 bits per heavy atom. The summed E-state index contributed by atoms with van der Waals surface area (Å²) in [4.78, 5) is 3.72. The van der Waals surface area contributed by atoms with Gasteiger partial charge in [-0.05, 0) is 48.4 Å². The van der Waals surface area contributed by atoms with Crippen LogP contribution in [0.25, 0.3) is 0 Å². The highest BCUT2D eigenvalue weighted by Gasteiger charge is 2.32. The van der Waals surface area contributed by atoms with Gasteiger partial charge in [-0.15, -0.1) is 0 Å². The van der Waals surface area contributed by atoms with Crippen molar-refractivity contribution in [3.05, 3.63) is 59.4 Å². The van der Waals surface area contributed by atoms with E-state index >= 15 is 0 Å². The summed E-state index contributed by atoms with van der Waals surface area (Å²) in [7, 11) is -4.34. The van der Waals surface area contributed by atoms with Gasteiger partial charge in [-0.1, -0.05) is 17.8 Å². The molecule has 3 rings (SSSR count). The third-order valence-electron chi connectivity index (χ3n) is 4.25. The number of nitrogens with zero attached hydrogens (tertiary/aromatic N) is 1. The molecular weight excluding hydrogens is 432 g/mol. The third kappa shape index (κ3) is 4.65. The van der Waals surface area contributed by atoms with E-state index in [1.807, 2.05) is 4.72 Å². The molecule has 156 valence electrons. The Labute approximate surface area is 168 Å². The average Bonchev–Trinajstić information content (AvgIpc) is 2.62. The third-order valence-corrected chi connectivity index (χ3v) is 6.42. The maximum Gasteiger partial charge on any atom is 0.416 e. The van der Waals surface area contributed by atoms with Crippen molar-refractivity contribution in [2.45, 2.75) is 23.2 Å². The second-order valence-electron chi connectivity index (χ2n) is 6.30. The molecule has 2 aromatic carbocycles. The molecule has 5 N–H and O–H groups in total. The summed E-state index contributed by atoms with van der Waals surface area (Å²) in [5.41, 5.74) is 9.64. The van der Waals surface area contributed by atoms with Crippen molar-refractivity contribution in [2.75, 3.05) is 10.5 Å². The first-order chi connectivity index (χ1) is 13.4. The Morgan fingerprint density at radius 2 is 1.79 bits per heavy atom. The van der Waals surface area contributed by atoms with Crippen LogP contribution in [-0.4, -0.2) is 19.3 Å². The number of halogens is 4. The molecule has 2 aromatic rings. The number of hydrogen-bond acceptors (Lipinski definition) is 6. The number of amidine groups is 1. The Bertz CT molecular complexity index is 1060. The van der Waals surface area contributed by atoms with Gasteiger partial charge in [0.15, 0.2) is 5.17 Å². The molecule has 0 bridgehead atoms. The van der Waals surface area contributed by atoms with E-state index in [-0.39, 0.29) is 5.17 Å². The molecule has 0 fully saturated rings. The van der Waals surface area contributed by atoms with Crippen molar-refractivity contribution in [3.8, 4) is 0 Å². The smallest absolute Gasteiger partial charge is 0.378 e. The van der Waals surface area contributed by atoms with Gasteiger partial charge in [-0.25, -0.2) is 17.8 Å². The molecule has 0 saturated carbocycles. The Kier molecular flexibility index (Phi) is 5.54. The number of thioether (sulfide) groups is 1. The van der Waals surface area contributed by atoms with Crippen molar-refractivity contribution in [2.24, 2.45) is 16.5 Å². The van der Waals surface area contributed by atoms with E-state index in [9.17, 15) is 26.0 Å². The summed E-state index contributed by atoms with van der Waals surface area (Å²) in [6.07, 6.45) is -4.21. The predicted octanol–water partition coefficient (Wildman–Crippen LogP) is 3.21. The second kappa shape index (κ2) is 7.50. The number of nitrogens with one attached hydrogen (secondary N) is 1. The molecule has 0 aromatic heterocycles. The summed E-state index contributed by atoms with van der Waals surface area (Å²) in [6.45, 7) is 0. The summed E-state index contributed by atoms with van der Waals surface area (Å²) in [5.74, 6) is -0.300. The van der Waals surface area contributed by atoms with E-state index in [1.165, 1.54) is 23.9 Å². The zero-order valence-electron chi connectivity index (χ0n) is 14.7. The molecule has 1 aliphatic heterocycles. The Balaban J connectivity index is 1.92. The number of aliphatic imine (C=N–C) groups is 1. The lowest BCUT2D eigenvalue weighted by atomic mass is 9.97. The number of nitrogens with two attached hydrogens (primary N) is 2. The van der Waals surface area contributed by atoms with Gasteiger partial charge in [0.25, 0.3) is 10.0 Å². The SMILES string of the molecule is NC1=NC(N)(c2ccc(F)c(NS(=O)(=O)c3ccc(C(F)(F)F)cc3)c2)CCS1. The van der Waals surface area contributed by atoms with Crippen LogP contribution in [-0.2, 0) is 21.9 Å². The fraction of sp³-hybridized carbons (Fsp3) is 0.235. The topological polar surface area (TPSA) is 111 Å². The first kappa shape index (κ1) is 21.4. The molecule has 29 heavy (non-hydrogen) atoms.